The van der Waals surface area contributed by atoms with Crippen molar-refractivity contribution in [1.82, 2.24) is 0 Å². The zero-order valence-corrected chi connectivity index (χ0v) is 9.36. The molecule has 0 atom stereocenters. The molecule has 0 saturated carbocycles. The molecular weight excluding hydrogens is 237 g/mol. The largest absolute Gasteiger partial charge is 0.490 e. The van der Waals surface area contributed by atoms with Gasteiger partial charge in [0.1, 0.15) is 5.82 Å². The number of benzene rings is 1. The molecule has 2 N–H and O–H groups in total. The molecule has 15 heavy (non-hydrogen) atoms. The van der Waals surface area contributed by atoms with Crippen molar-refractivity contribution in [1.29, 1.82) is 0 Å². The zero-order chi connectivity index (χ0) is 11.2. The molecular formula is C9H7BClFO2S. The number of rotatable bonds is 1. The van der Waals surface area contributed by atoms with Crippen molar-refractivity contribution in [2.24, 2.45) is 0 Å². The van der Waals surface area contributed by atoms with Crippen LogP contribution >= 0.6 is 22.9 Å². The van der Waals surface area contributed by atoms with Crippen molar-refractivity contribution >= 4 is 45.6 Å². The molecule has 78 valence electrons. The third kappa shape index (κ3) is 1.76. The van der Waals surface area contributed by atoms with Crippen molar-refractivity contribution in [3.63, 3.8) is 0 Å². The Kier molecular flexibility index (Phi) is 2.73. The van der Waals surface area contributed by atoms with E-state index in [0.717, 1.165) is 9.58 Å². The lowest BCUT2D eigenvalue weighted by Crippen LogP contribution is -2.30. The van der Waals surface area contributed by atoms with Crippen LogP contribution in [0.25, 0.3) is 10.1 Å². The molecule has 0 spiro atoms. The van der Waals surface area contributed by atoms with Gasteiger partial charge < -0.3 is 10.0 Å². The predicted molar refractivity (Wildman–Crippen MR) is 61.4 cm³/mol. The highest BCUT2D eigenvalue weighted by atomic mass is 35.5. The standard InChI is InChI=1S/C9H7BClFO2S/c1-4-9(10(13)14)5-2-7(12)6(11)3-8(5)15-4/h2-3,13-14H,1H3. The van der Waals surface area contributed by atoms with Crippen LogP contribution in [0.4, 0.5) is 4.39 Å². The topological polar surface area (TPSA) is 40.5 Å². The molecule has 0 aliphatic rings. The molecule has 0 aliphatic heterocycles. The van der Waals surface area contributed by atoms with Gasteiger partial charge in [-0.15, -0.1) is 11.3 Å². The monoisotopic (exact) mass is 244 g/mol. The number of hydrogen-bond donors (Lipinski definition) is 2. The highest BCUT2D eigenvalue weighted by molar-refractivity contribution is 7.20. The Hall–Kier alpha value is -0.615. The second kappa shape index (κ2) is 3.75. The van der Waals surface area contributed by atoms with Gasteiger partial charge in [0.05, 0.1) is 5.02 Å². The van der Waals surface area contributed by atoms with Crippen LogP contribution in [-0.4, -0.2) is 17.2 Å². The average molecular weight is 244 g/mol. The molecule has 1 aromatic heterocycles. The van der Waals surface area contributed by atoms with Crippen molar-refractivity contribution < 1.29 is 14.4 Å². The molecule has 1 aromatic carbocycles. The highest BCUT2D eigenvalue weighted by Crippen LogP contribution is 2.28. The fraction of sp³-hybridized carbons (Fsp3) is 0.111. The van der Waals surface area contributed by atoms with Crippen LogP contribution in [0.1, 0.15) is 4.88 Å². The molecule has 0 bridgehead atoms. The maximum atomic E-state index is 13.2. The van der Waals surface area contributed by atoms with E-state index in [1.165, 1.54) is 23.5 Å². The van der Waals surface area contributed by atoms with Crippen LogP contribution < -0.4 is 5.46 Å². The Morgan fingerprint density at radius 3 is 2.67 bits per heavy atom. The Morgan fingerprint density at radius 2 is 2.07 bits per heavy atom. The van der Waals surface area contributed by atoms with Gasteiger partial charge in [0.25, 0.3) is 0 Å². The van der Waals surface area contributed by atoms with Crippen molar-refractivity contribution in [2.45, 2.75) is 6.92 Å². The minimum absolute atomic E-state index is 0.0442. The second-order valence-corrected chi connectivity index (χ2v) is 4.87. The number of thiophene rings is 1. The molecule has 0 unspecified atom stereocenters. The van der Waals surface area contributed by atoms with Crippen LogP contribution in [0.2, 0.25) is 5.02 Å². The third-order valence-electron chi connectivity index (χ3n) is 2.21. The summed E-state index contributed by atoms with van der Waals surface area (Å²) in [6, 6.07) is 2.73. The molecule has 0 amide bonds. The number of halogens is 2. The maximum absolute atomic E-state index is 13.2. The van der Waals surface area contributed by atoms with Crippen molar-refractivity contribution in [3.8, 4) is 0 Å². The third-order valence-corrected chi connectivity index (χ3v) is 3.59. The van der Waals surface area contributed by atoms with Crippen LogP contribution in [0.3, 0.4) is 0 Å². The van der Waals surface area contributed by atoms with E-state index in [2.05, 4.69) is 0 Å². The first-order valence-corrected chi connectivity index (χ1v) is 5.44. The summed E-state index contributed by atoms with van der Waals surface area (Å²) in [6.07, 6.45) is 0. The van der Waals surface area contributed by atoms with Crippen LogP contribution in [0, 0.1) is 12.7 Å². The van der Waals surface area contributed by atoms with E-state index in [9.17, 15) is 4.39 Å². The maximum Gasteiger partial charge on any atom is 0.490 e. The number of aryl methyl sites for hydroxylation is 1. The summed E-state index contributed by atoms with van der Waals surface area (Å²) in [5, 5.41) is 18.9. The van der Waals surface area contributed by atoms with E-state index in [1.807, 2.05) is 0 Å². The molecule has 1 heterocycles. The lowest BCUT2D eigenvalue weighted by molar-refractivity contribution is 0.426. The fourth-order valence-corrected chi connectivity index (χ4v) is 2.89. The van der Waals surface area contributed by atoms with Crippen molar-refractivity contribution in [2.75, 3.05) is 0 Å². The summed E-state index contributed by atoms with van der Waals surface area (Å²) in [5.74, 6) is -0.552. The van der Waals surface area contributed by atoms with E-state index in [0.29, 0.717) is 10.8 Å². The Labute approximate surface area is 95.1 Å². The summed E-state index contributed by atoms with van der Waals surface area (Å²) in [4.78, 5) is 0.752. The SMILES string of the molecule is Cc1sc2cc(Cl)c(F)cc2c1B(O)O. The van der Waals surface area contributed by atoms with Crippen LogP contribution in [0.5, 0.6) is 0 Å². The Bertz CT molecular complexity index is 526. The molecule has 2 rings (SSSR count). The Balaban J connectivity index is 2.81. The lowest BCUT2D eigenvalue weighted by Gasteiger charge is -1.99. The molecule has 2 nitrogen and oxygen atoms in total. The summed E-state index contributed by atoms with van der Waals surface area (Å²) >= 11 is 6.99. The number of hydrogen-bond acceptors (Lipinski definition) is 3. The normalized spacial score (nSPS) is 11.0. The second-order valence-electron chi connectivity index (χ2n) is 3.21. The van der Waals surface area contributed by atoms with Gasteiger partial charge >= 0.3 is 7.12 Å². The lowest BCUT2D eigenvalue weighted by atomic mass is 9.78. The molecule has 2 aromatic rings. The van der Waals surface area contributed by atoms with Crippen LogP contribution in [-0.2, 0) is 0 Å². The summed E-state index contributed by atoms with van der Waals surface area (Å²) < 4.78 is 14.0. The zero-order valence-electron chi connectivity index (χ0n) is 7.79. The first kappa shape index (κ1) is 10.9. The van der Waals surface area contributed by atoms with Gasteiger partial charge in [-0.2, -0.15) is 0 Å². The number of fused-ring (bicyclic) bond motifs is 1. The van der Waals surface area contributed by atoms with Gasteiger partial charge in [-0.25, -0.2) is 4.39 Å². The highest BCUT2D eigenvalue weighted by Gasteiger charge is 2.21. The van der Waals surface area contributed by atoms with Gasteiger partial charge in [0.2, 0.25) is 0 Å². The molecule has 0 radical (unpaired) electrons. The molecule has 0 fully saturated rings. The van der Waals surface area contributed by atoms with Gasteiger partial charge in [-0.3, -0.25) is 0 Å². The summed E-state index contributed by atoms with van der Waals surface area (Å²) in [7, 11) is -1.58. The fourth-order valence-electron chi connectivity index (χ4n) is 1.55. The van der Waals surface area contributed by atoms with Gasteiger partial charge in [0, 0.05) is 15.0 Å². The predicted octanol–water partition coefficient (Wildman–Crippen LogP) is 1.68. The van der Waals surface area contributed by atoms with Crippen molar-refractivity contribution in [3.05, 3.63) is 27.8 Å². The Morgan fingerprint density at radius 1 is 1.40 bits per heavy atom. The minimum Gasteiger partial charge on any atom is -0.423 e. The first-order valence-electron chi connectivity index (χ1n) is 4.25. The van der Waals surface area contributed by atoms with E-state index < -0.39 is 12.9 Å². The molecule has 0 aliphatic carbocycles. The smallest absolute Gasteiger partial charge is 0.423 e. The molecule has 6 heteroatoms. The first-order chi connectivity index (χ1) is 7.00. The minimum atomic E-state index is -1.58. The van der Waals surface area contributed by atoms with Crippen LogP contribution in [0.15, 0.2) is 12.1 Å². The van der Waals surface area contributed by atoms with E-state index in [-0.39, 0.29) is 5.02 Å². The van der Waals surface area contributed by atoms with Gasteiger partial charge in [-0.1, -0.05) is 11.6 Å². The van der Waals surface area contributed by atoms with Gasteiger partial charge in [-0.05, 0) is 24.4 Å². The summed E-state index contributed by atoms with van der Waals surface area (Å²) in [6.45, 7) is 1.76. The quantitative estimate of drug-likeness (QED) is 0.750. The van der Waals surface area contributed by atoms with E-state index in [1.54, 1.807) is 6.92 Å². The molecule has 0 saturated heterocycles. The van der Waals surface area contributed by atoms with E-state index >= 15 is 0 Å². The summed E-state index contributed by atoms with van der Waals surface area (Å²) in [5.41, 5.74) is 0.352. The van der Waals surface area contributed by atoms with E-state index in [4.69, 9.17) is 21.6 Å². The average Bonchev–Trinajstić information content (AvgIpc) is 2.41. The van der Waals surface area contributed by atoms with Gasteiger partial charge in [0.15, 0.2) is 0 Å².